The third-order valence-corrected chi connectivity index (χ3v) is 4.98. The van der Waals surface area contributed by atoms with Crippen LogP contribution in [-0.4, -0.2) is 59.2 Å². The Kier molecular flexibility index (Phi) is 16.7. The number of benzene rings is 2. The number of likely N-dealkylation sites (N-methyl/N-ethyl adjacent to an activating group) is 1. The summed E-state index contributed by atoms with van der Waals surface area (Å²) in [5.41, 5.74) is 0.192. The molecule has 1 unspecified atom stereocenters. The van der Waals surface area contributed by atoms with E-state index in [1.807, 2.05) is 13.8 Å². The fraction of sp³-hybridized carbons (Fsp3) is 0.400. The van der Waals surface area contributed by atoms with E-state index in [9.17, 15) is 34.1 Å². The Bertz CT molecular complexity index is 1100. The van der Waals surface area contributed by atoms with Gasteiger partial charge in [-0.15, -0.1) is 0 Å². The van der Waals surface area contributed by atoms with Crippen LogP contribution in [0.1, 0.15) is 39.7 Å². The molecule has 2 N–H and O–H groups in total. The standard InChI is InChI=1S/C15H13FN2O6.C10H20N2O2.U/c1-17(20)12-3-2-10(14(16)8-12)9-23-15(19)24-13-6-4-11(5-7-13)18(21)22;1-5-7-12(6-2)10(14)8(3)11-9(4)13;/h2-8,20H,9H2,1H3;8H,5-7H2,1-4H3,(H,11,13);. The van der Waals surface area contributed by atoms with Crippen molar-refractivity contribution in [2.45, 2.75) is 46.8 Å². The van der Waals surface area contributed by atoms with E-state index in [1.54, 1.807) is 11.8 Å². The van der Waals surface area contributed by atoms with Gasteiger partial charge in [0, 0.05) is 75.9 Å². The van der Waals surface area contributed by atoms with E-state index in [0.717, 1.165) is 24.1 Å². The van der Waals surface area contributed by atoms with Crippen LogP contribution in [-0.2, 0) is 20.9 Å². The van der Waals surface area contributed by atoms with Gasteiger partial charge in [0.2, 0.25) is 11.8 Å². The molecule has 39 heavy (non-hydrogen) atoms. The number of nitro benzene ring substituents is 1. The molecule has 2 aromatic carbocycles. The molecule has 0 radical (unpaired) electrons. The summed E-state index contributed by atoms with van der Waals surface area (Å²) in [5, 5.41) is 23.0. The van der Waals surface area contributed by atoms with Crippen molar-refractivity contribution in [1.82, 2.24) is 10.2 Å². The van der Waals surface area contributed by atoms with Crippen molar-refractivity contribution in [1.29, 1.82) is 0 Å². The number of anilines is 1. The summed E-state index contributed by atoms with van der Waals surface area (Å²) >= 11 is 0. The molecule has 2 aromatic rings. The second-order valence-electron chi connectivity index (χ2n) is 8.03. The molecule has 2 amide bonds. The Labute approximate surface area is 249 Å². The number of non-ortho nitro benzene ring substituents is 1. The van der Waals surface area contributed by atoms with Gasteiger partial charge >= 0.3 is 6.16 Å². The van der Waals surface area contributed by atoms with Gasteiger partial charge in [0.25, 0.3) is 5.69 Å². The zero-order valence-corrected chi connectivity index (χ0v) is 26.6. The predicted octanol–water partition coefficient (Wildman–Crippen LogP) is 4.04. The van der Waals surface area contributed by atoms with Gasteiger partial charge in [-0.1, -0.05) is 13.0 Å². The van der Waals surface area contributed by atoms with Crippen molar-refractivity contribution >= 4 is 29.3 Å². The predicted molar refractivity (Wildman–Crippen MR) is 136 cm³/mol. The summed E-state index contributed by atoms with van der Waals surface area (Å²) in [4.78, 5) is 45.7. The van der Waals surface area contributed by atoms with Crippen molar-refractivity contribution in [3.8, 4) is 5.75 Å². The molecule has 0 bridgehead atoms. The topological polar surface area (TPSA) is 152 Å². The van der Waals surface area contributed by atoms with Crippen molar-refractivity contribution in [2.24, 2.45) is 0 Å². The zero-order valence-electron chi connectivity index (χ0n) is 22.5. The molecule has 0 aromatic heterocycles. The fourth-order valence-corrected chi connectivity index (χ4v) is 3.09. The molecule has 14 heteroatoms. The fourth-order valence-electron chi connectivity index (χ4n) is 3.09. The maximum atomic E-state index is 13.8. The van der Waals surface area contributed by atoms with Crippen LogP contribution >= 0.6 is 0 Å². The molecule has 0 saturated carbocycles. The number of amides is 2. The Morgan fingerprint density at radius 3 is 2.23 bits per heavy atom. The first kappa shape index (κ1) is 35.8. The third-order valence-electron chi connectivity index (χ3n) is 4.98. The Balaban J connectivity index is 0.000000831. The minimum atomic E-state index is -1.08. The minimum absolute atomic E-state index is 0. The van der Waals surface area contributed by atoms with E-state index in [4.69, 9.17) is 9.47 Å². The molecule has 0 spiro atoms. The van der Waals surface area contributed by atoms with Crippen molar-refractivity contribution in [3.63, 3.8) is 0 Å². The second-order valence-corrected chi connectivity index (χ2v) is 8.03. The summed E-state index contributed by atoms with van der Waals surface area (Å²) < 4.78 is 23.4. The number of hydrogen-bond acceptors (Lipinski definition) is 9. The van der Waals surface area contributed by atoms with Crippen LogP contribution in [0.4, 0.5) is 20.6 Å². The summed E-state index contributed by atoms with van der Waals surface area (Å²) in [6.07, 6.45) is -0.140. The minimum Gasteiger partial charge on any atom is -0.429 e. The number of rotatable bonds is 10. The van der Waals surface area contributed by atoms with E-state index < -0.39 is 22.9 Å². The first-order valence-corrected chi connectivity index (χ1v) is 11.7. The number of nitrogens with one attached hydrogen (secondary N) is 1. The van der Waals surface area contributed by atoms with Gasteiger partial charge in [0.1, 0.15) is 24.2 Å². The zero-order chi connectivity index (χ0) is 28.8. The molecular formula is C25H33FN4O8U. The molecule has 0 aliphatic rings. The summed E-state index contributed by atoms with van der Waals surface area (Å²) in [6, 6.07) is 8.30. The maximum Gasteiger partial charge on any atom is 0.514 e. The quantitative estimate of drug-likeness (QED) is 0.158. The van der Waals surface area contributed by atoms with Gasteiger partial charge < -0.3 is 19.7 Å². The number of hydrogen-bond donors (Lipinski definition) is 2. The van der Waals surface area contributed by atoms with E-state index >= 15 is 0 Å². The molecule has 0 aliphatic heterocycles. The molecule has 12 nitrogen and oxygen atoms in total. The van der Waals surface area contributed by atoms with Crippen LogP contribution in [0.5, 0.6) is 5.75 Å². The average Bonchev–Trinajstić information content (AvgIpc) is 2.86. The van der Waals surface area contributed by atoms with Crippen molar-refractivity contribution in [2.75, 3.05) is 25.2 Å². The van der Waals surface area contributed by atoms with E-state index in [1.165, 1.54) is 50.4 Å². The summed E-state index contributed by atoms with van der Waals surface area (Å²) in [7, 11) is 1.34. The monoisotopic (exact) mass is 774 g/mol. The van der Waals surface area contributed by atoms with Gasteiger partial charge in [-0.2, -0.15) is 0 Å². The first-order valence-electron chi connectivity index (χ1n) is 11.7. The number of carbonyl (C=O) groups excluding carboxylic acids is 3. The maximum absolute atomic E-state index is 13.8. The molecule has 0 saturated heterocycles. The van der Waals surface area contributed by atoms with Gasteiger partial charge in [-0.05, 0) is 44.5 Å². The van der Waals surface area contributed by atoms with Crippen LogP contribution in [0.2, 0.25) is 0 Å². The Morgan fingerprint density at radius 1 is 1.15 bits per heavy atom. The van der Waals surface area contributed by atoms with Gasteiger partial charge in [0.15, 0.2) is 0 Å². The third kappa shape index (κ3) is 12.9. The van der Waals surface area contributed by atoms with E-state index in [0.29, 0.717) is 6.54 Å². The molecule has 0 fully saturated rings. The van der Waals surface area contributed by atoms with Gasteiger partial charge in [0.05, 0.1) is 10.6 Å². The van der Waals surface area contributed by atoms with Crippen LogP contribution in [0, 0.1) is 47.0 Å². The summed E-state index contributed by atoms with van der Waals surface area (Å²) in [5.74, 6) is -0.775. The second kappa shape index (κ2) is 18.1. The molecule has 1 atom stereocenters. The number of ether oxygens (including phenoxy) is 2. The molecule has 212 valence electrons. The number of halogens is 1. The van der Waals surface area contributed by atoms with E-state index in [2.05, 4.69) is 5.32 Å². The van der Waals surface area contributed by atoms with Gasteiger partial charge in [-0.25, -0.2) is 9.18 Å². The summed E-state index contributed by atoms with van der Waals surface area (Å²) in [6.45, 7) is 8.16. The normalized spacial score (nSPS) is 10.5. The molecular weight excluding hydrogens is 741 g/mol. The molecule has 0 heterocycles. The van der Waals surface area contributed by atoms with Crippen molar-refractivity contribution in [3.05, 3.63) is 64.0 Å². The van der Waals surface area contributed by atoms with E-state index in [-0.39, 0.29) is 72.2 Å². The van der Waals surface area contributed by atoms with Crippen LogP contribution in [0.3, 0.4) is 0 Å². The van der Waals surface area contributed by atoms with Crippen LogP contribution in [0.15, 0.2) is 42.5 Å². The SMILES string of the molecule is CCCN(CC)C(=O)C(C)NC(C)=O.CN(O)c1ccc(COC(=O)Oc2ccc([N+](=O)[O-])cc2)c(F)c1.[U]. The number of carbonyl (C=O) groups is 3. The van der Waals surface area contributed by atoms with Gasteiger partial charge in [-0.3, -0.25) is 30.0 Å². The molecule has 0 aliphatic carbocycles. The average molecular weight is 775 g/mol. The van der Waals surface area contributed by atoms with Crippen LogP contribution < -0.4 is 15.1 Å². The Morgan fingerprint density at radius 2 is 1.77 bits per heavy atom. The molecule has 2 rings (SSSR count). The first-order chi connectivity index (χ1) is 17.9. The number of nitrogens with zero attached hydrogens (tertiary/aromatic N) is 3. The Hall–Kier alpha value is -3.21. The van der Waals surface area contributed by atoms with Crippen LogP contribution in [0.25, 0.3) is 0 Å². The number of nitro groups is 1. The number of hydroxylamine groups is 1. The van der Waals surface area contributed by atoms with Crippen molar-refractivity contribution < 1.29 is 69.5 Å². The smallest absolute Gasteiger partial charge is 0.429 e. The largest absolute Gasteiger partial charge is 0.514 e.